The van der Waals surface area contributed by atoms with E-state index in [4.69, 9.17) is 5.73 Å². The van der Waals surface area contributed by atoms with Gasteiger partial charge < -0.3 is 16.2 Å². The number of rotatable bonds is 6. The largest absolute Gasteiger partial charge is 0.465 e. The molecule has 0 spiro atoms. The number of carbonyl (C=O) groups is 2. The summed E-state index contributed by atoms with van der Waals surface area (Å²) in [4.78, 5) is 25.3. The molecular formula is C23H27F3N4O5S. The number of sulfonamides is 1. The van der Waals surface area contributed by atoms with Gasteiger partial charge in [-0.15, -0.1) is 0 Å². The first kappa shape index (κ1) is 27.3. The first-order chi connectivity index (χ1) is 16.6. The third-order valence-corrected chi connectivity index (χ3v) is 7.40. The zero-order valence-corrected chi connectivity index (χ0v) is 20.6. The lowest BCUT2D eigenvalue weighted by Gasteiger charge is -2.40. The van der Waals surface area contributed by atoms with Crippen molar-refractivity contribution in [3.63, 3.8) is 0 Å². The van der Waals surface area contributed by atoms with E-state index in [9.17, 15) is 36.3 Å². The molecule has 0 saturated heterocycles. The SMILES string of the molecule is CC(C)(C)N(C(=O)O)[C@H]1CCC[C@H]1NS(=O)(=O)c1cc(C(=O)Nc2cc(F)c(F)c(F)c2)ccc1N. The van der Waals surface area contributed by atoms with Crippen LogP contribution in [0.4, 0.5) is 29.3 Å². The molecule has 9 nitrogen and oxygen atoms in total. The number of amides is 2. The van der Waals surface area contributed by atoms with Crippen molar-refractivity contribution < 1.29 is 36.3 Å². The van der Waals surface area contributed by atoms with Crippen LogP contribution in [0.2, 0.25) is 0 Å². The molecule has 0 unspecified atom stereocenters. The van der Waals surface area contributed by atoms with Crippen LogP contribution >= 0.6 is 0 Å². The van der Waals surface area contributed by atoms with Crippen LogP contribution in [0, 0.1) is 17.5 Å². The summed E-state index contributed by atoms with van der Waals surface area (Å²) in [6, 6.07) is 3.20. The van der Waals surface area contributed by atoms with E-state index in [1.165, 1.54) is 17.0 Å². The third kappa shape index (κ3) is 5.73. The van der Waals surface area contributed by atoms with Gasteiger partial charge >= 0.3 is 6.09 Å². The lowest BCUT2D eigenvalue weighted by atomic mass is 10.0. The number of nitrogen functional groups attached to an aromatic ring is 1. The van der Waals surface area contributed by atoms with Crippen molar-refractivity contribution in [1.82, 2.24) is 9.62 Å². The predicted octanol–water partition coefficient (Wildman–Crippen LogP) is 3.92. The average molecular weight is 529 g/mol. The van der Waals surface area contributed by atoms with Crippen LogP contribution in [0.5, 0.6) is 0 Å². The van der Waals surface area contributed by atoms with E-state index in [-0.39, 0.29) is 16.9 Å². The molecule has 36 heavy (non-hydrogen) atoms. The van der Waals surface area contributed by atoms with E-state index >= 15 is 0 Å². The van der Waals surface area contributed by atoms with Gasteiger partial charge in [0.1, 0.15) is 4.90 Å². The highest BCUT2D eigenvalue weighted by Crippen LogP contribution is 2.31. The van der Waals surface area contributed by atoms with Gasteiger partial charge in [0.15, 0.2) is 17.5 Å². The van der Waals surface area contributed by atoms with E-state index in [0.29, 0.717) is 31.4 Å². The molecule has 0 heterocycles. The molecule has 2 aromatic rings. The van der Waals surface area contributed by atoms with Crippen molar-refractivity contribution >= 4 is 33.4 Å². The zero-order valence-electron chi connectivity index (χ0n) is 19.8. The Balaban J connectivity index is 1.87. The van der Waals surface area contributed by atoms with Crippen LogP contribution in [-0.4, -0.2) is 48.0 Å². The number of hydrogen-bond donors (Lipinski definition) is 4. The Kier molecular flexibility index (Phi) is 7.55. The van der Waals surface area contributed by atoms with Crippen LogP contribution in [0.3, 0.4) is 0 Å². The molecule has 0 bridgehead atoms. The van der Waals surface area contributed by atoms with Crippen LogP contribution in [0.25, 0.3) is 0 Å². The van der Waals surface area contributed by atoms with Gasteiger partial charge in [0.05, 0.1) is 11.7 Å². The fourth-order valence-electron chi connectivity index (χ4n) is 4.32. The molecule has 1 aliphatic rings. The maximum atomic E-state index is 13.5. The minimum absolute atomic E-state index is 0.168. The Labute approximate surface area is 206 Å². The zero-order chi connectivity index (χ0) is 27.0. The second-order valence-corrected chi connectivity index (χ2v) is 11.2. The number of nitrogens with one attached hydrogen (secondary N) is 2. The lowest BCUT2D eigenvalue weighted by Crippen LogP contribution is -2.57. The fourth-order valence-corrected chi connectivity index (χ4v) is 5.78. The minimum atomic E-state index is -4.30. The highest BCUT2D eigenvalue weighted by Gasteiger charge is 2.42. The molecule has 1 saturated carbocycles. The second kappa shape index (κ2) is 9.97. The van der Waals surface area contributed by atoms with Gasteiger partial charge in [-0.1, -0.05) is 0 Å². The summed E-state index contributed by atoms with van der Waals surface area (Å²) < 4.78 is 69.1. The molecule has 2 amide bonds. The van der Waals surface area contributed by atoms with Crippen molar-refractivity contribution in [2.24, 2.45) is 0 Å². The summed E-state index contributed by atoms with van der Waals surface area (Å²) in [6.45, 7) is 5.14. The fraction of sp³-hybridized carbons (Fsp3) is 0.391. The summed E-state index contributed by atoms with van der Waals surface area (Å²) in [6.07, 6.45) is 0.274. The molecule has 3 rings (SSSR count). The van der Waals surface area contributed by atoms with Gasteiger partial charge in [-0.25, -0.2) is 31.1 Å². The van der Waals surface area contributed by atoms with E-state index in [1.807, 2.05) is 0 Å². The number of nitrogens with zero attached hydrogens (tertiary/aromatic N) is 1. The molecule has 2 aromatic carbocycles. The normalized spacial score (nSPS) is 18.2. The molecule has 196 valence electrons. The smallest absolute Gasteiger partial charge is 0.408 e. The average Bonchev–Trinajstić information content (AvgIpc) is 3.17. The Hall–Kier alpha value is -3.32. The monoisotopic (exact) mass is 528 g/mol. The first-order valence-corrected chi connectivity index (χ1v) is 12.5. The molecule has 13 heteroatoms. The number of benzene rings is 2. The molecule has 1 aliphatic carbocycles. The lowest BCUT2D eigenvalue weighted by molar-refractivity contribution is 0.0653. The molecule has 5 N–H and O–H groups in total. The van der Waals surface area contributed by atoms with E-state index in [2.05, 4.69) is 10.0 Å². The number of carboxylic acid groups (broad SMARTS) is 1. The Morgan fingerprint density at radius 3 is 2.25 bits per heavy atom. The van der Waals surface area contributed by atoms with Crippen molar-refractivity contribution in [3.05, 3.63) is 53.3 Å². The predicted molar refractivity (Wildman–Crippen MR) is 126 cm³/mol. The quantitative estimate of drug-likeness (QED) is 0.331. The molecular weight excluding hydrogens is 501 g/mol. The Morgan fingerprint density at radius 1 is 1.08 bits per heavy atom. The summed E-state index contributed by atoms with van der Waals surface area (Å²) in [5.74, 6) is -5.63. The maximum absolute atomic E-state index is 13.5. The Bertz CT molecular complexity index is 1270. The van der Waals surface area contributed by atoms with Crippen LogP contribution in [-0.2, 0) is 10.0 Å². The first-order valence-electron chi connectivity index (χ1n) is 11.0. The van der Waals surface area contributed by atoms with Crippen molar-refractivity contribution in [1.29, 1.82) is 0 Å². The van der Waals surface area contributed by atoms with E-state index in [0.717, 1.165) is 6.07 Å². The van der Waals surface area contributed by atoms with E-state index < -0.39 is 62.0 Å². The minimum Gasteiger partial charge on any atom is -0.465 e. The third-order valence-electron chi connectivity index (χ3n) is 5.85. The van der Waals surface area contributed by atoms with Gasteiger partial charge in [0.2, 0.25) is 10.0 Å². The summed E-state index contributed by atoms with van der Waals surface area (Å²) in [5, 5.41) is 11.9. The van der Waals surface area contributed by atoms with Crippen LogP contribution < -0.4 is 15.8 Å². The maximum Gasteiger partial charge on any atom is 0.408 e. The van der Waals surface area contributed by atoms with E-state index in [1.54, 1.807) is 20.8 Å². The van der Waals surface area contributed by atoms with Crippen molar-refractivity contribution in [3.8, 4) is 0 Å². The summed E-state index contributed by atoms with van der Waals surface area (Å²) >= 11 is 0. The standard InChI is InChI=1S/C23H27F3N4O5S/c1-23(2,3)30(22(32)33)18-6-4-5-17(18)29-36(34,35)19-9-12(7-8-16(19)27)21(31)28-13-10-14(24)20(26)15(25)11-13/h7-11,17-18,29H,4-6,27H2,1-3H3,(H,28,31)(H,32,33)/t17-,18+/m1/s1. The molecule has 0 aliphatic heterocycles. The van der Waals surface area contributed by atoms with Gasteiger partial charge in [0, 0.05) is 35.0 Å². The van der Waals surface area contributed by atoms with Gasteiger partial charge in [-0.05, 0) is 58.2 Å². The molecule has 2 atom stereocenters. The number of nitrogens with two attached hydrogens (primary N) is 1. The summed E-state index contributed by atoms with van der Waals surface area (Å²) in [7, 11) is -4.30. The Morgan fingerprint density at radius 2 is 1.69 bits per heavy atom. The molecule has 0 aromatic heterocycles. The number of halogens is 3. The number of anilines is 2. The van der Waals surface area contributed by atoms with Crippen molar-refractivity contribution in [2.75, 3.05) is 11.1 Å². The summed E-state index contributed by atoms with van der Waals surface area (Å²) in [5.41, 5.74) is 4.36. The van der Waals surface area contributed by atoms with Crippen LogP contribution in [0.15, 0.2) is 35.2 Å². The van der Waals surface area contributed by atoms with Crippen LogP contribution in [0.1, 0.15) is 50.4 Å². The van der Waals surface area contributed by atoms with Gasteiger partial charge in [-0.3, -0.25) is 9.69 Å². The van der Waals surface area contributed by atoms with Gasteiger partial charge in [0.25, 0.3) is 5.91 Å². The van der Waals surface area contributed by atoms with Crippen molar-refractivity contribution in [2.45, 2.75) is 62.6 Å². The molecule has 1 fully saturated rings. The topological polar surface area (TPSA) is 142 Å². The van der Waals surface area contributed by atoms with Gasteiger partial charge in [-0.2, -0.15) is 0 Å². The number of hydrogen-bond acceptors (Lipinski definition) is 5. The highest BCUT2D eigenvalue weighted by molar-refractivity contribution is 7.89. The highest BCUT2D eigenvalue weighted by atomic mass is 32.2. The second-order valence-electron chi connectivity index (χ2n) is 9.51. The number of carbonyl (C=O) groups excluding carboxylic acids is 1. The molecule has 0 radical (unpaired) electrons.